The van der Waals surface area contributed by atoms with E-state index in [0.29, 0.717) is 5.39 Å². The maximum absolute atomic E-state index is 12.4. The van der Waals surface area contributed by atoms with Crippen LogP contribution < -0.4 is 31.3 Å². The monoisotopic (exact) mass is 505 g/mol. The van der Waals surface area contributed by atoms with Crippen molar-refractivity contribution in [1.82, 2.24) is 0 Å². The second-order valence-corrected chi connectivity index (χ2v) is 13.8. The molecule has 1 spiro atoms. The van der Waals surface area contributed by atoms with Gasteiger partial charge in [0.25, 0.3) is 0 Å². The number of hydrogen-bond donors (Lipinski definition) is 0. The Bertz CT molecular complexity index is 1890. The van der Waals surface area contributed by atoms with Crippen LogP contribution in [0.1, 0.15) is 5.56 Å². The molecule has 0 aliphatic carbocycles. The number of aryl methyl sites for hydroxylation is 1. The molecule has 3 nitrogen and oxygen atoms in total. The lowest BCUT2D eigenvalue weighted by atomic mass is 10.1. The van der Waals surface area contributed by atoms with Crippen LogP contribution in [-0.4, -0.2) is 8.07 Å². The van der Waals surface area contributed by atoms with E-state index in [1.807, 2.05) is 19.1 Å². The van der Waals surface area contributed by atoms with E-state index in [1.165, 1.54) is 43.2 Å². The maximum atomic E-state index is 12.4. The highest BCUT2D eigenvalue weighted by Crippen LogP contribution is 2.41. The molecule has 1 aromatic heterocycles. The summed E-state index contributed by atoms with van der Waals surface area (Å²) in [5.74, 6) is 0. The van der Waals surface area contributed by atoms with Gasteiger partial charge in [0.1, 0.15) is 0 Å². The fraction of sp³-hybridized carbons (Fsp3) is 0.0294. The third kappa shape index (κ3) is 2.60. The second-order valence-electron chi connectivity index (χ2n) is 10.1. The van der Waals surface area contributed by atoms with Crippen molar-refractivity contribution < 1.29 is 4.42 Å². The second kappa shape index (κ2) is 7.67. The SMILES string of the molecule is Cc1coc(=O)c2ccc(N3c4ccccc4[Si]4(c5ccccc5-c5ccccc54)c4ccccc43)cc12. The number of rotatable bonds is 1. The normalized spacial score (nSPS) is 14.2. The molecule has 8 rings (SSSR count). The van der Waals surface area contributed by atoms with Crippen LogP contribution in [0.25, 0.3) is 21.9 Å². The van der Waals surface area contributed by atoms with Gasteiger partial charge in [0.05, 0.1) is 11.6 Å². The molecule has 0 amide bonds. The van der Waals surface area contributed by atoms with E-state index in [2.05, 4.69) is 108 Å². The molecule has 2 aliphatic heterocycles. The molecule has 0 fully saturated rings. The molecule has 6 aromatic rings. The summed E-state index contributed by atoms with van der Waals surface area (Å²) in [5.41, 5.74) is 6.77. The number of anilines is 3. The minimum atomic E-state index is -2.56. The van der Waals surface area contributed by atoms with Crippen molar-refractivity contribution >= 4 is 56.7 Å². The largest absolute Gasteiger partial charge is 0.431 e. The highest BCUT2D eigenvalue weighted by Gasteiger charge is 2.53. The lowest BCUT2D eigenvalue weighted by Gasteiger charge is -2.43. The third-order valence-electron chi connectivity index (χ3n) is 8.30. The van der Waals surface area contributed by atoms with E-state index in [4.69, 9.17) is 4.42 Å². The zero-order valence-corrected chi connectivity index (χ0v) is 21.8. The molecule has 180 valence electrons. The van der Waals surface area contributed by atoms with Gasteiger partial charge < -0.3 is 9.32 Å². The maximum Gasteiger partial charge on any atom is 0.343 e. The topological polar surface area (TPSA) is 33.5 Å². The summed E-state index contributed by atoms with van der Waals surface area (Å²) in [6.07, 6.45) is 1.56. The van der Waals surface area contributed by atoms with Gasteiger partial charge in [-0.2, -0.15) is 0 Å². The first-order valence-corrected chi connectivity index (χ1v) is 14.9. The Labute approximate surface area is 221 Å². The standard InChI is InChI=1S/C34H23NO2Si/c1-22-21-37-34(36)26-19-18-23(20-27(22)26)35-28-12-4-8-16-32(28)38(33-17-9-5-13-29(33)35)30-14-6-2-10-24(30)25-11-3-7-15-31(25)38/h2-21H,1H3. The van der Waals surface area contributed by atoms with Crippen molar-refractivity contribution in [3.05, 3.63) is 138 Å². The van der Waals surface area contributed by atoms with Gasteiger partial charge in [0.2, 0.25) is 0 Å². The molecule has 0 radical (unpaired) electrons. The Hall–Kier alpha value is -4.67. The minimum Gasteiger partial charge on any atom is -0.431 e. The summed E-state index contributed by atoms with van der Waals surface area (Å²) in [6, 6.07) is 41.8. The van der Waals surface area contributed by atoms with E-state index >= 15 is 0 Å². The zero-order chi connectivity index (χ0) is 25.4. The van der Waals surface area contributed by atoms with Crippen molar-refractivity contribution in [2.45, 2.75) is 6.92 Å². The highest BCUT2D eigenvalue weighted by atomic mass is 28.3. The molecule has 0 saturated heterocycles. The van der Waals surface area contributed by atoms with Crippen LogP contribution >= 0.6 is 0 Å². The van der Waals surface area contributed by atoms with Crippen molar-refractivity contribution in [3.8, 4) is 11.1 Å². The Kier molecular flexibility index (Phi) is 4.32. The van der Waals surface area contributed by atoms with E-state index in [-0.39, 0.29) is 5.63 Å². The van der Waals surface area contributed by atoms with Crippen molar-refractivity contribution in [2.24, 2.45) is 0 Å². The summed E-state index contributed by atoms with van der Waals surface area (Å²) in [6.45, 7) is 1.99. The average molecular weight is 506 g/mol. The Morgan fingerprint density at radius 1 is 0.605 bits per heavy atom. The molecule has 0 unspecified atom stereocenters. The molecule has 5 aromatic carbocycles. The van der Waals surface area contributed by atoms with Gasteiger partial charge in [-0.05, 0) is 80.1 Å². The van der Waals surface area contributed by atoms with Crippen LogP contribution in [0.2, 0.25) is 0 Å². The van der Waals surface area contributed by atoms with Gasteiger partial charge in [-0.25, -0.2) is 4.79 Å². The molecule has 0 bridgehead atoms. The molecule has 0 atom stereocenters. The first-order chi connectivity index (χ1) is 18.7. The molecule has 3 heterocycles. The van der Waals surface area contributed by atoms with Crippen molar-refractivity contribution in [2.75, 3.05) is 4.90 Å². The van der Waals surface area contributed by atoms with Gasteiger partial charge in [-0.15, -0.1) is 0 Å². The number of para-hydroxylation sites is 2. The summed E-state index contributed by atoms with van der Waals surface area (Å²) in [4.78, 5) is 14.8. The van der Waals surface area contributed by atoms with E-state index in [1.54, 1.807) is 6.26 Å². The predicted octanol–water partition coefficient (Wildman–Crippen LogP) is 5.24. The fourth-order valence-corrected chi connectivity index (χ4v) is 12.3. The number of benzene rings is 5. The lowest BCUT2D eigenvalue weighted by molar-refractivity contribution is 0.516. The Morgan fingerprint density at radius 3 is 1.74 bits per heavy atom. The predicted molar refractivity (Wildman–Crippen MR) is 158 cm³/mol. The first-order valence-electron chi connectivity index (χ1n) is 12.9. The fourth-order valence-electron chi connectivity index (χ4n) is 6.78. The molecule has 2 aliphatic rings. The molecule has 0 saturated carbocycles. The van der Waals surface area contributed by atoms with Gasteiger partial charge in [0.15, 0.2) is 8.07 Å². The molecular weight excluding hydrogens is 482 g/mol. The van der Waals surface area contributed by atoms with E-state index in [9.17, 15) is 4.79 Å². The van der Waals surface area contributed by atoms with E-state index < -0.39 is 8.07 Å². The number of hydrogen-bond acceptors (Lipinski definition) is 3. The quantitative estimate of drug-likeness (QED) is 0.286. The average Bonchev–Trinajstić information content (AvgIpc) is 3.27. The lowest BCUT2D eigenvalue weighted by Crippen LogP contribution is -2.75. The minimum absolute atomic E-state index is 0.304. The van der Waals surface area contributed by atoms with Crippen LogP contribution in [0.5, 0.6) is 0 Å². The van der Waals surface area contributed by atoms with Crippen molar-refractivity contribution in [3.63, 3.8) is 0 Å². The molecular formula is C34H23NO2Si. The Morgan fingerprint density at radius 2 is 1.13 bits per heavy atom. The van der Waals surface area contributed by atoms with Gasteiger partial charge in [-0.3, -0.25) is 0 Å². The summed E-state index contributed by atoms with van der Waals surface area (Å²) >= 11 is 0. The first kappa shape index (κ1) is 21.4. The smallest absolute Gasteiger partial charge is 0.343 e. The summed E-state index contributed by atoms with van der Waals surface area (Å²) < 4.78 is 5.24. The zero-order valence-electron chi connectivity index (χ0n) is 20.8. The number of nitrogens with zero attached hydrogens (tertiary/aromatic N) is 1. The highest BCUT2D eigenvalue weighted by molar-refractivity contribution is 7.23. The third-order valence-corrected chi connectivity index (χ3v) is 13.2. The summed E-state index contributed by atoms with van der Waals surface area (Å²) in [7, 11) is -2.56. The van der Waals surface area contributed by atoms with E-state index in [0.717, 1.165) is 16.6 Å². The van der Waals surface area contributed by atoms with Crippen LogP contribution in [0.4, 0.5) is 17.1 Å². The van der Waals surface area contributed by atoms with Crippen molar-refractivity contribution in [1.29, 1.82) is 0 Å². The molecule has 0 N–H and O–H groups in total. The van der Waals surface area contributed by atoms with Gasteiger partial charge in [0, 0.05) is 17.1 Å². The Balaban J connectivity index is 1.50. The van der Waals surface area contributed by atoms with Gasteiger partial charge >= 0.3 is 5.63 Å². The van der Waals surface area contributed by atoms with Crippen LogP contribution in [-0.2, 0) is 0 Å². The number of fused-ring (bicyclic) bond motifs is 10. The van der Waals surface area contributed by atoms with Crippen LogP contribution in [0.15, 0.2) is 131 Å². The van der Waals surface area contributed by atoms with Crippen LogP contribution in [0, 0.1) is 6.92 Å². The molecule has 4 heteroatoms. The van der Waals surface area contributed by atoms with Crippen LogP contribution in [0.3, 0.4) is 0 Å². The summed E-state index contributed by atoms with van der Waals surface area (Å²) in [5, 5.41) is 7.21. The molecule has 38 heavy (non-hydrogen) atoms. The van der Waals surface area contributed by atoms with Gasteiger partial charge in [-0.1, -0.05) is 84.9 Å².